The van der Waals surface area contributed by atoms with E-state index in [2.05, 4.69) is 37.9 Å². The van der Waals surface area contributed by atoms with Crippen molar-refractivity contribution in [3.05, 3.63) is 65.2 Å². The van der Waals surface area contributed by atoms with Gasteiger partial charge < -0.3 is 10.1 Å². The highest BCUT2D eigenvalue weighted by Crippen LogP contribution is 2.22. The summed E-state index contributed by atoms with van der Waals surface area (Å²) < 4.78 is 5.59. The van der Waals surface area contributed by atoms with Crippen molar-refractivity contribution < 1.29 is 9.53 Å². The third-order valence-corrected chi connectivity index (χ3v) is 3.87. The third-order valence-electron chi connectivity index (χ3n) is 3.87. The average Bonchev–Trinajstić information content (AvgIpc) is 2.58. The lowest BCUT2D eigenvalue weighted by atomic mass is 9.87. The molecule has 0 aliphatic heterocycles. The SMILES string of the molecule is Cc1ccccc1OCC#CCNC(=O)c1ccc(C(C)(C)C)cc1. The number of carbonyl (C=O) groups excluding carboxylic acids is 1. The fourth-order valence-electron chi connectivity index (χ4n) is 2.29. The number of hydrogen-bond donors (Lipinski definition) is 1. The van der Waals surface area contributed by atoms with Crippen LogP contribution in [0.15, 0.2) is 48.5 Å². The molecule has 0 aromatic heterocycles. The third kappa shape index (κ3) is 5.69. The molecular weight excluding hydrogens is 310 g/mol. The molecule has 0 radical (unpaired) electrons. The second kappa shape index (κ2) is 8.39. The van der Waals surface area contributed by atoms with E-state index in [1.54, 1.807) is 0 Å². The lowest BCUT2D eigenvalue weighted by molar-refractivity contribution is 0.0958. The van der Waals surface area contributed by atoms with E-state index in [-0.39, 0.29) is 11.3 Å². The zero-order chi connectivity index (χ0) is 18.3. The van der Waals surface area contributed by atoms with E-state index in [1.165, 1.54) is 5.56 Å². The van der Waals surface area contributed by atoms with Crippen LogP contribution in [0.4, 0.5) is 0 Å². The van der Waals surface area contributed by atoms with Crippen molar-refractivity contribution in [1.29, 1.82) is 0 Å². The molecule has 2 aromatic carbocycles. The number of aryl methyl sites for hydroxylation is 1. The van der Waals surface area contributed by atoms with Crippen LogP contribution in [0, 0.1) is 18.8 Å². The van der Waals surface area contributed by atoms with Crippen molar-refractivity contribution in [2.45, 2.75) is 33.1 Å². The zero-order valence-corrected chi connectivity index (χ0v) is 15.3. The first-order valence-corrected chi connectivity index (χ1v) is 8.41. The molecule has 3 nitrogen and oxygen atoms in total. The van der Waals surface area contributed by atoms with E-state index in [4.69, 9.17) is 4.74 Å². The van der Waals surface area contributed by atoms with Crippen LogP contribution in [0.3, 0.4) is 0 Å². The normalized spacial score (nSPS) is 10.6. The molecule has 0 aliphatic rings. The zero-order valence-electron chi connectivity index (χ0n) is 15.3. The van der Waals surface area contributed by atoms with Gasteiger partial charge in [-0.15, -0.1) is 0 Å². The summed E-state index contributed by atoms with van der Waals surface area (Å²) >= 11 is 0. The van der Waals surface area contributed by atoms with Gasteiger partial charge in [0.15, 0.2) is 0 Å². The van der Waals surface area contributed by atoms with Gasteiger partial charge in [-0.05, 0) is 41.7 Å². The number of amides is 1. The summed E-state index contributed by atoms with van der Waals surface area (Å²) in [5.74, 6) is 6.53. The van der Waals surface area contributed by atoms with Gasteiger partial charge in [-0.2, -0.15) is 0 Å². The smallest absolute Gasteiger partial charge is 0.252 e. The van der Waals surface area contributed by atoms with Crippen molar-refractivity contribution in [3.63, 3.8) is 0 Å². The minimum Gasteiger partial charge on any atom is -0.481 e. The number of nitrogens with one attached hydrogen (secondary N) is 1. The number of para-hydroxylation sites is 1. The molecule has 25 heavy (non-hydrogen) atoms. The lowest BCUT2D eigenvalue weighted by Gasteiger charge is -2.18. The van der Waals surface area contributed by atoms with Gasteiger partial charge in [0.2, 0.25) is 0 Å². The van der Waals surface area contributed by atoms with E-state index in [0.717, 1.165) is 11.3 Å². The average molecular weight is 335 g/mol. The minimum atomic E-state index is -0.116. The highest BCUT2D eigenvalue weighted by Gasteiger charge is 2.13. The highest BCUT2D eigenvalue weighted by atomic mass is 16.5. The molecule has 0 spiro atoms. The summed E-state index contributed by atoms with van der Waals surface area (Å²) in [6, 6.07) is 15.5. The molecule has 0 heterocycles. The van der Waals surface area contributed by atoms with E-state index in [1.807, 2.05) is 55.5 Å². The summed E-state index contributed by atoms with van der Waals surface area (Å²) in [5.41, 5.74) is 3.01. The van der Waals surface area contributed by atoms with Crippen LogP contribution in [0.2, 0.25) is 0 Å². The Bertz CT molecular complexity index is 774. The molecule has 0 saturated heterocycles. The van der Waals surface area contributed by atoms with Gasteiger partial charge in [0.1, 0.15) is 12.4 Å². The Hall–Kier alpha value is -2.73. The molecule has 130 valence electrons. The predicted molar refractivity (Wildman–Crippen MR) is 102 cm³/mol. The molecular formula is C22H25NO2. The molecule has 0 fully saturated rings. The molecule has 3 heteroatoms. The van der Waals surface area contributed by atoms with Gasteiger partial charge in [-0.25, -0.2) is 0 Å². The van der Waals surface area contributed by atoms with Crippen molar-refractivity contribution in [1.82, 2.24) is 5.32 Å². The molecule has 0 bridgehead atoms. The Labute approximate surface area is 150 Å². The second-order valence-electron chi connectivity index (χ2n) is 6.92. The van der Waals surface area contributed by atoms with Crippen molar-refractivity contribution in [3.8, 4) is 17.6 Å². The first-order valence-electron chi connectivity index (χ1n) is 8.41. The predicted octanol–water partition coefficient (Wildman–Crippen LogP) is 4.10. The van der Waals surface area contributed by atoms with Crippen LogP contribution in [0.25, 0.3) is 0 Å². The van der Waals surface area contributed by atoms with Crippen LogP contribution < -0.4 is 10.1 Å². The number of rotatable bonds is 4. The monoisotopic (exact) mass is 335 g/mol. The first-order chi connectivity index (χ1) is 11.9. The number of carbonyl (C=O) groups is 1. The fourth-order valence-corrected chi connectivity index (χ4v) is 2.29. The number of ether oxygens (including phenoxy) is 1. The Kier molecular flexibility index (Phi) is 6.25. The molecule has 0 unspecified atom stereocenters. The van der Waals surface area contributed by atoms with Crippen LogP contribution in [0.5, 0.6) is 5.75 Å². The topological polar surface area (TPSA) is 38.3 Å². The standard InChI is InChI=1S/C22H25NO2/c1-17-9-5-6-10-20(17)25-16-8-7-15-23-21(24)18-11-13-19(14-12-18)22(2,3)4/h5-6,9-14H,15-16H2,1-4H3,(H,23,24). The maximum Gasteiger partial charge on any atom is 0.252 e. The molecule has 1 amide bonds. The maximum absolute atomic E-state index is 12.1. The summed E-state index contributed by atoms with van der Waals surface area (Å²) in [7, 11) is 0. The van der Waals surface area contributed by atoms with Gasteiger partial charge in [-0.1, -0.05) is 62.9 Å². The van der Waals surface area contributed by atoms with E-state index in [9.17, 15) is 4.79 Å². The van der Waals surface area contributed by atoms with Crippen molar-refractivity contribution in [2.75, 3.05) is 13.2 Å². The van der Waals surface area contributed by atoms with Crippen molar-refractivity contribution in [2.24, 2.45) is 0 Å². The molecule has 0 aliphatic carbocycles. The van der Waals surface area contributed by atoms with Gasteiger partial charge in [0.05, 0.1) is 6.54 Å². The van der Waals surface area contributed by atoms with Gasteiger partial charge in [-0.3, -0.25) is 4.79 Å². The Morgan fingerprint density at radius 2 is 1.72 bits per heavy atom. The largest absolute Gasteiger partial charge is 0.481 e. The summed E-state index contributed by atoms with van der Waals surface area (Å²) in [6.07, 6.45) is 0. The van der Waals surface area contributed by atoms with Crippen LogP contribution in [0.1, 0.15) is 42.3 Å². The number of benzene rings is 2. The lowest BCUT2D eigenvalue weighted by Crippen LogP contribution is -2.23. The summed E-state index contributed by atoms with van der Waals surface area (Å²) in [5, 5.41) is 2.80. The molecule has 2 rings (SSSR count). The van der Waals surface area contributed by atoms with E-state index in [0.29, 0.717) is 18.7 Å². The Morgan fingerprint density at radius 1 is 1.04 bits per heavy atom. The quantitative estimate of drug-likeness (QED) is 0.854. The van der Waals surface area contributed by atoms with Crippen LogP contribution in [-0.2, 0) is 5.41 Å². The van der Waals surface area contributed by atoms with Gasteiger partial charge in [0, 0.05) is 5.56 Å². The molecule has 2 aromatic rings. The van der Waals surface area contributed by atoms with E-state index >= 15 is 0 Å². The molecule has 1 N–H and O–H groups in total. The number of hydrogen-bond acceptors (Lipinski definition) is 2. The Balaban J connectivity index is 1.78. The maximum atomic E-state index is 12.1. The molecule has 0 saturated carbocycles. The minimum absolute atomic E-state index is 0.0809. The Morgan fingerprint density at radius 3 is 2.36 bits per heavy atom. The van der Waals surface area contributed by atoms with Crippen LogP contribution >= 0.6 is 0 Å². The summed E-state index contributed by atoms with van der Waals surface area (Å²) in [4.78, 5) is 12.1. The van der Waals surface area contributed by atoms with Crippen molar-refractivity contribution >= 4 is 5.91 Å². The van der Waals surface area contributed by atoms with E-state index < -0.39 is 0 Å². The van der Waals surface area contributed by atoms with Crippen LogP contribution in [-0.4, -0.2) is 19.1 Å². The highest BCUT2D eigenvalue weighted by molar-refractivity contribution is 5.94. The van der Waals surface area contributed by atoms with Gasteiger partial charge in [0.25, 0.3) is 5.91 Å². The van der Waals surface area contributed by atoms with Gasteiger partial charge >= 0.3 is 0 Å². The summed E-state index contributed by atoms with van der Waals surface area (Å²) in [6.45, 7) is 9.05. The second-order valence-corrected chi connectivity index (χ2v) is 6.92. The molecule has 0 atom stereocenters. The fraction of sp³-hybridized carbons (Fsp3) is 0.318. The first kappa shape index (κ1) is 18.6.